The first-order valence-corrected chi connectivity index (χ1v) is 9.84. The summed E-state index contributed by atoms with van der Waals surface area (Å²) in [6.07, 6.45) is 1.55. The summed E-state index contributed by atoms with van der Waals surface area (Å²) < 4.78 is 24.2. The Morgan fingerprint density at radius 1 is 1.03 bits per heavy atom. The molecule has 0 saturated carbocycles. The maximum atomic E-state index is 13.1. The lowest BCUT2D eigenvalue weighted by atomic mass is 10.2. The SMILES string of the molecule is CC(C)(C)OCCOc1ccc(C(=O)N2CCN(c3ccc(F)cc3)CC2)cn1. The van der Waals surface area contributed by atoms with Gasteiger partial charge in [0.25, 0.3) is 5.91 Å². The molecule has 1 fully saturated rings. The fourth-order valence-corrected chi connectivity index (χ4v) is 3.09. The molecule has 7 heteroatoms. The topological polar surface area (TPSA) is 54.9 Å². The van der Waals surface area contributed by atoms with E-state index in [-0.39, 0.29) is 17.3 Å². The van der Waals surface area contributed by atoms with Crippen molar-refractivity contribution in [1.29, 1.82) is 0 Å². The minimum absolute atomic E-state index is 0.0427. The summed E-state index contributed by atoms with van der Waals surface area (Å²) in [6.45, 7) is 9.49. The lowest BCUT2D eigenvalue weighted by molar-refractivity contribution is -0.0168. The van der Waals surface area contributed by atoms with E-state index in [0.29, 0.717) is 50.8 Å². The largest absolute Gasteiger partial charge is 0.475 e. The number of benzene rings is 1. The van der Waals surface area contributed by atoms with Gasteiger partial charge < -0.3 is 19.3 Å². The van der Waals surface area contributed by atoms with E-state index in [2.05, 4.69) is 9.88 Å². The van der Waals surface area contributed by atoms with Crippen LogP contribution < -0.4 is 9.64 Å². The predicted octanol–water partition coefficient (Wildman–Crippen LogP) is 3.38. The smallest absolute Gasteiger partial charge is 0.255 e. The molecule has 29 heavy (non-hydrogen) atoms. The summed E-state index contributed by atoms with van der Waals surface area (Å²) in [7, 11) is 0. The average molecular weight is 401 g/mol. The molecule has 1 aliphatic heterocycles. The zero-order valence-electron chi connectivity index (χ0n) is 17.2. The standard InChI is InChI=1S/C22H28FN3O3/c1-22(2,3)29-15-14-28-20-9-4-17(16-24-20)21(27)26-12-10-25(11-13-26)19-7-5-18(23)6-8-19/h4-9,16H,10-15H2,1-3H3. The highest BCUT2D eigenvalue weighted by Gasteiger charge is 2.22. The van der Waals surface area contributed by atoms with Crippen molar-refractivity contribution in [3.05, 3.63) is 54.0 Å². The molecule has 156 valence electrons. The monoisotopic (exact) mass is 401 g/mol. The zero-order chi connectivity index (χ0) is 20.9. The molecule has 0 aliphatic carbocycles. The van der Waals surface area contributed by atoms with Gasteiger partial charge in [0.2, 0.25) is 5.88 Å². The van der Waals surface area contributed by atoms with Crippen LogP contribution in [0.5, 0.6) is 5.88 Å². The van der Waals surface area contributed by atoms with Crippen LogP contribution in [-0.2, 0) is 4.74 Å². The number of amides is 1. The molecule has 0 unspecified atom stereocenters. The molecule has 3 rings (SSSR count). The highest BCUT2D eigenvalue weighted by molar-refractivity contribution is 5.94. The molecule has 1 saturated heterocycles. The zero-order valence-corrected chi connectivity index (χ0v) is 17.2. The van der Waals surface area contributed by atoms with Crippen molar-refractivity contribution >= 4 is 11.6 Å². The van der Waals surface area contributed by atoms with E-state index in [9.17, 15) is 9.18 Å². The number of ether oxygens (including phenoxy) is 2. The summed E-state index contributed by atoms with van der Waals surface area (Å²) in [6, 6.07) is 9.89. The molecule has 0 radical (unpaired) electrons. The van der Waals surface area contributed by atoms with E-state index in [1.54, 1.807) is 30.5 Å². The van der Waals surface area contributed by atoms with E-state index < -0.39 is 0 Å². The van der Waals surface area contributed by atoms with Crippen LogP contribution in [0, 0.1) is 5.82 Å². The van der Waals surface area contributed by atoms with Crippen molar-refractivity contribution < 1.29 is 18.7 Å². The summed E-state index contributed by atoms with van der Waals surface area (Å²) in [5.41, 5.74) is 1.31. The number of halogens is 1. The molecule has 0 atom stereocenters. The van der Waals surface area contributed by atoms with Gasteiger partial charge in [-0.15, -0.1) is 0 Å². The van der Waals surface area contributed by atoms with Gasteiger partial charge in [0.1, 0.15) is 12.4 Å². The highest BCUT2D eigenvalue weighted by Crippen LogP contribution is 2.18. The third-order valence-electron chi connectivity index (χ3n) is 4.61. The fourth-order valence-electron chi connectivity index (χ4n) is 3.09. The number of rotatable bonds is 6. The highest BCUT2D eigenvalue weighted by atomic mass is 19.1. The van der Waals surface area contributed by atoms with E-state index >= 15 is 0 Å². The van der Waals surface area contributed by atoms with Crippen LogP contribution in [0.15, 0.2) is 42.6 Å². The molecule has 1 aliphatic rings. The first-order chi connectivity index (χ1) is 13.8. The number of nitrogens with zero attached hydrogens (tertiary/aromatic N) is 3. The Labute approximate surface area is 171 Å². The number of anilines is 1. The molecule has 2 aromatic rings. The Morgan fingerprint density at radius 2 is 1.72 bits per heavy atom. The van der Waals surface area contributed by atoms with Gasteiger partial charge in [0.15, 0.2) is 0 Å². The number of piperazine rings is 1. The van der Waals surface area contributed by atoms with Crippen molar-refractivity contribution in [2.24, 2.45) is 0 Å². The van der Waals surface area contributed by atoms with Crippen LogP contribution in [0.2, 0.25) is 0 Å². The third-order valence-corrected chi connectivity index (χ3v) is 4.61. The van der Waals surface area contributed by atoms with E-state index in [1.807, 2.05) is 25.7 Å². The van der Waals surface area contributed by atoms with E-state index in [4.69, 9.17) is 9.47 Å². The van der Waals surface area contributed by atoms with Gasteiger partial charge in [-0.05, 0) is 51.1 Å². The summed E-state index contributed by atoms with van der Waals surface area (Å²) in [5, 5.41) is 0. The first kappa shape index (κ1) is 21.0. The normalized spacial score (nSPS) is 14.8. The summed E-state index contributed by atoms with van der Waals surface area (Å²) in [4.78, 5) is 20.9. The Morgan fingerprint density at radius 3 is 2.31 bits per heavy atom. The molecule has 0 N–H and O–H groups in total. The molecular formula is C22H28FN3O3. The van der Waals surface area contributed by atoms with Crippen molar-refractivity contribution in [2.75, 3.05) is 44.3 Å². The molecule has 6 nitrogen and oxygen atoms in total. The van der Waals surface area contributed by atoms with Crippen LogP contribution in [-0.4, -0.2) is 60.8 Å². The Kier molecular flexibility index (Phi) is 6.69. The van der Waals surface area contributed by atoms with Gasteiger partial charge in [-0.3, -0.25) is 4.79 Å². The fraction of sp³-hybridized carbons (Fsp3) is 0.455. The number of pyridine rings is 1. The maximum absolute atomic E-state index is 13.1. The molecule has 0 spiro atoms. The molecule has 1 aromatic heterocycles. The summed E-state index contributed by atoms with van der Waals surface area (Å²) in [5.74, 6) is 0.184. The van der Waals surface area contributed by atoms with Gasteiger partial charge >= 0.3 is 0 Å². The lowest BCUT2D eigenvalue weighted by Crippen LogP contribution is -2.48. The van der Waals surface area contributed by atoms with Gasteiger partial charge in [-0.25, -0.2) is 9.37 Å². The molecule has 2 heterocycles. The number of hydrogen-bond donors (Lipinski definition) is 0. The lowest BCUT2D eigenvalue weighted by Gasteiger charge is -2.36. The maximum Gasteiger partial charge on any atom is 0.255 e. The van der Waals surface area contributed by atoms with Gasteiger partial charge in [-0.1, -0.05) is 0 Å². The molecular weight excluding hydrogens is 373 g/mol. The van der Waals surface area contributed by atoms with Crippen LogP contribution in [0.1, 0.15) is 31.1 Å². The predicted molar refractivity (Wildman–Crippen MR) is 110 cm³/mol. The molecule has 0 bridgehead atoms. The van der Waals surface area contributed by atoms with Crippen LogP contribution >= 0.6 is 0 Å². The molecule has 1 amide bonds. The minimum Gasteiger partial charge on any atom is -0.475 e. The van der Waals surface area contributed by atoms with Crippen LogP contribution in [0.4, 0.5) is 10.1 Å². The van der Waals surface area contributed by atoms with Gasteiger partial charge in [0, 0.05) is 44.1 Å². The van der Waals surface area contributed by atoms with Gasteiger partial charge in [-0.2, -0.15) is 0 Å². The second-order valence-corrected chi connectivity index (χ2v) is 7.95. The number of carbonyl (C=O) groups excluding carboxylic acids is 1. The number of hydrogen-bond acceptors (Lipinski definition) is 5. The van der Waals surface area contributed by atoms with E-state index in [1.165, 1.54) is 12.1 Å². The number of carbonyl (C=O) groups is 1. The average Bonchev–Trinajstić information content (AvgIpc) is 2.71. The van der Waals surface area contributed by atoms with Gasteiger partial charge in [0.05, 0.1) is 17.8 Å². The second kappa shape index (κ2) is 9.22. The Hall–Kier alpha value is -2.67. The third kappa shape index (κ3) is 6.15. The molecule has 1 aromatic carbocycles. The Balaban J connectivity index is 1.47. The second-order valence-electron chi connectivity index (χ2n) is 7.95. The quantitative estimate of drug-likeness (QED) is 0.695. The summed E-state index contributed by atoms with van der Waals surface area (Å²) >= 11 is 0. The minimum atomic E-state index is -0.246. The van der Waals surface area contributed by atoms with Crippen LogP contribution in [0.3, 0.4) is 0 Å². The van der Waals surface area contributed by atoms with Crippen molar-refractivity contribution in [2.45, 2.75) is 26.4 Å². The van der Waals surface area contributed by atoms with Crippen molar-refractivity contribution in [3.63, 3.8) is 0 Å². The van der Waals surface area contributed by atoms with E-state index in [0.717, 1.165) is 5.69 Å². The van der Waals surface area contributed by atoms with Crippen molar-refractivity contribution in [3.8, 4) is 5.88 Å². The van der Waals surface area contributed by atoms with Crippen molar-refractivity contribution in [1.82, 2.24) is 9.88 Å². The Bertz CT molecular complexity index is 796. The van der Waals surface area contributed by atoms with Crippen LogP contribution in [0.25, 0.3) is 0 Å². The first-order valence-electron chi connectivity index (χ1n) is 9.84. The number of aromatic nitrogens is 1.